The summed E-state index contributed by atoms with van der Waals surface area (Å²) in [5, 5.41) is 17.6. The van der Waals surface area contributed by atoms with Gasteiger partial charge in [-0.3, -0.25) is 14.4 Å². The fourth-order valence-electron chi connectivity index (χ4n) is 7.98. The van der Waals surface area contributed by atoms with Gasteiger partial charge in [-0.2, -0.15) is 27.1 Å². The van der Waals surface area contributed by atoms with Crippen LogP contribution in [0.2, 0.25) is 5.02 Å². The number of nitrogens with one attached hydrogen (secondary N) is 1. The fourth-order valence-corrected chi connectivity index (χ4v) is 8.21. The highest BCUT2D eigenvalue weighted by atomic mass is 35.5. The normalized spacial score (nSPS) is 17.8. The summed E-state index contributed by atoms with van der Waals surface area (Å²) in [6.45, 7) is 4.93. The quantitative estimate of drug-likeness (QED) is 0.175. The molecule has 55 heavy (non-hydrogen) atoms. The van der Waals surface area contributed by atoms with Gasteiger partial charge in [0.2, 0.25) is 17.6 Å². The minimum atomic E-state index is -4.64. The molecule has 2 fully saturated rings. The van der Waals surface area contributed by atoms with Crippen LogP contribution in [0.4, 0.5) is 29.1 Å². The Hall–Kier alpha value is -5.65. The Bertz CT molecular complexity index is 2460. The van der Waals surface area contributed by atoms with E-state index >= 15 is 4.39 Å². The zero-order chi connectivity index (χ0) is 39.0. The molecule has 8 rings (SSSR count). The summed E-state index contributed by atoms with van der Waals surface area (Å²) >= 11 is 6.14. The van der Waals surface area contributed by atoms with Gasteiger partial charge in [-0.1, -0.05) is 18.5 Å². The Morgan fingerprint density at radius 3 is 2.47 bits per heavy atom. The molecule has 0 bridgehead atoms. The third-order valence-electron chi connectivity index (χ3n) is 10.7. The largest absolute Gasteiger partial charge is 0.503 e. The van der Waals surface area contributed by atoms with E-state index in [1.54, 1.807) is 17.9 Å². The molecule has 1 unspecified atom stereocenters. The van der Waals surface area contributed by atoms with Crippen molar-refractivity contribution >= 4 is 40.7 Å². The molecular weight excluding hydrogens is 748 g/mol. The van der Waals surface area contributed by atoms with Crippen LogP contribution in [0.1, 0.15) is 71.5 Å². The fraction of sp³-hybridized carbons (Fsp3) is 0.389. The molecule has 0 saturated carbocycles. The van der Waals surface area contributed by atoms with E-state index < -0.39 is 47.0 Å². The van der Waals surface area contributed by atoms with E-state index in [0.717, 1.165) is 23.1 Å². The van der Waals surface area contributed by atoms with Gasteiger partial charge in [0, 0.05) is 48.5 Å². The van der Waals surface area contributed by atoms with Gasteiger partial charge < -0.3 is 24.8 Å². The van der Waals surface area contributed by atoms with Crippen LogP contribution in [-0.2, 0) is 22.9 Å². The first kappa shape index (κ1) is 36.3. The molecule has 1 atom stereocenters. The van der Waals surface area contributed by atoms with Crippen LogP contribution in [0.3, 0.4) is 0 Å². The van der Waals surface area contributed by atoms with Crippen molar-refractivity contribution in [2.45, 2.75) is 63.6 Å². The number of likely N-dealkylation sites (tertiary alicyclic amines) is 1. The summed E-state index contributed by atoms with van der Waals surface area (Å²) in [6.07, 6.45) is -1.25. The number of nitrogens with zero attached hydrogens (tertiary/aromatic N) is 9. The van der Waals surface area contributed by atoms with Crippen molar-refractivity contribution in [1.82, 2.24) is 39.0 Å². The second kappa shape index (κ2) is 13.3. The van der Waals surface area contributed by atoms with Crippen LogP contribution in [0.25, 0.3) is 17.2 Å². The van der Waals surface area contributed by atoms with Crippen LogP contribution in [0.15, 0.2) is 41.5 Å². The third-order valence-corrected chi connectivity index (χ3v) is 11.1. The first-order chi connectivity index (χ1) is 26.1. The highest BCUT2D eigenvalue weighted by Crippen LogP contribution is 2.50. The number of aryl methyl sites for hydroxylation is 1. The van der Waals surface area contributed by atoms with E-state index in [1.807, 2.05) is 11.8 Å². The van der Waals surface area contributed by atoms with E-state index in [9.17, 15) is 32.7 Å². The number of aromatic hydroxyl groups is 1. The predicted molar refractivity (Wildman–Crippen MR) is 191 cm³/mol. The van der Waals surface area contributed by atoms with Gasteiger partial charge in [-0.15, -0.1) is 5.10 Å². The SMILES string of the molecule is Cc1ccc(-c2nc3n(CC(=O)Nc4ccc(C(F)(F)F)cc4Cl)c4c(c(=O)n3n2)C2(CCN(C(=O)c3ncnc(N5CCC5)c3O)CC2)CC4C)c(F)n1. The van der Waals surface area contributed by atoms with Crippen molar-refractivity contribution in [3.8, 4) is 17.1 Å². The second-order valence-corrected chi connectivity index (χ2v) is 14.7. The zero-order valence-electron chi connectivity index (χ0n) is 29.5. The van der Waals surface area contributed by atoms with Crippen molar-refractivity contribution in [2.24, 2.45) is 0 Å². The summed E-state index contributed by atoms with van der Waals surface area (Å²) in [5.74, 6) is -2.49. The molecule has 1 spiro atoms. The molecule has 6 heterocycles. The molecule has 2 aliphatic heterocycles. The molecule has 4 aromatic heterocycles. The van der Waals surface area contributed by atoms with E-state index in [0.29, 0.717) is 61.2 Å². The topological polar surface area (TPSA) is 164 Å². The lowest BCUT2D eigenvalue weighted by Gasteiger charge is -2.39. The van der Waals surface area contributed by atoms with Crippen LogP contribution in [-0.4, -0.2) is 82.1 Å². The van der Waals surface area contributed by atoms with Crippen LogP contribution in [0.5, 0.6) is 5.75 Å². The van der Waals surface area contributed by atoms with Crippen molar-refractivity contribution in [3.05, 3.63) is 86.2 Å². The number of pyridine rings is 1. The Morgan fingerprint density at radius 1 is 1.07 bits per heavy atom. The molecule has 5 aromatic rings. The lowest BCUT2D eigenvalue weighted by atomic mass is 9.73. The summed E-state index contributed by atoms with van der Waals surface area (Å²) in [7, 11) is 0. The monoisotopic (exact) mass is 780 g/mol. The molecule has 1 aromatic carbocycles. The number of anilines is 2. The molecule has 3 aliphatic rings. The Labute approximate surface area is 314 Å². The number of rotatable bonds is 6. The number of aromatic nitrogens is 7. The van der Waals surface area contributed by atoms with Crippen molar-refractivity contribution < 1.29 is 32.3 Å². The molecule has 2 saturated heterocycles. The van der Waals surface area contributed by atoms with Gasteiger partial charge in [0.1, 0.15) is 12.9 Å². The van der Waals surface area contributed by atoms with Crippen molar-refractivity contribution in [2.75, 3.05) is 36.4 Å². The van der Waals surface area contributed by atoms with Gasteiger partial charge in [0.25, 0.3) is 11.5 Å². The standard InChI is InChI=1S/C36H33ClF4N10O4/c1-18-15-35(8-12-49(13-9-35)33(55)26-28(53)31(43-17-42-26)48-10-3-11-48)25-27(18)50(16-24(52)45-23-7-5-20(14-22(23)37)36(39,40)41)34-46-30(47-51(34)32(25)54)21-6-4-19(2)44-29(21)38/h4-7,14,17-18,53H,3,8-13,15-16H2,1-2H3,(H,45,52). The Morgan fingerprint density at radius 2 is 1.82 bits per heavy atom. The van der Waals surface area contributed by atoms with Gasteiger partial charge in [0.15, 0.2) is 23.1 Å². The number of halogens is 5. The van der Waals surface area contributed by atoms with Gasteiger partial charge >= 0.3 is 6.18 Å². The number of hydrogen-bond donors (Lipinski definition) is 2. The summed E-state index contributed by atoms with van der Waals surface area (Å²) in [5.41, 5.74) is -1.20. The summed E-state index contributed by atoms with van der Waals surface area (Å²) in [6, 6.07) is 5.56. The first-order valence-electron chi connectivity index (χ1n) is 17.6. The first-order valence-corrected chi connectivity index (χ1v) is 18.0. The summed E-state index contributed by atoms with van der Waals surface area (Å²) < 4.78 is 57.4. The lowest BCUT2D eigenvalue weighted by molar-refractivity contribution is -0.137. The highest BCUT2D eigenvalue weighted by molar-refractivity contribution is 6.33. The second-order valence-electron chi connectivity index (χ2n) is 14.2. The molecule has 1 aliphatic carbocycles. The Balaban J connectivity index is 1.16. The number of fused-ring (bicyclic) bond motifs is 3. The maximum atomic E-state index is 15.1. The minimum Gasteiger partial charge on any atom is -0.503 e. The lowest BCUT2D eigenvalue weighted by Crippen LogP contribution is -2.47. The number of benzene rings is 1. The van der Waals surface area contributed by atoms with E-state index in [1.165, 1.54) is 17.0 Å². The van der Waals surface area contributed by atoms with Gasteiger partial charge in [-0.25, -0.2) is 15.0 Å². The van der Waals surface area contributed by atoms with Crippen LogP contribution >= 0.6 is 11.6 Å². The maximum absolute atomic E-state index is 15.1. The average Bonchev–Trinajstić information content (AvgIpc) is 3.67. The van der Waals surface area contributed by atoms with E-state index in [-0.39, 0.29) is 58.3 Å². The number of piperidine rings is 1. The highest BCUT2D eigenvalue weighted by Gasteiger charge is 2.49. The maximum Gasteiger partial charge on any atom is 0.416 e. The number of hydrogen-bond acceptors (Lipinski definition) is 10. The number of amides is 2. The van der Waals surface area contributed by atoms with Crippen molar-refractivity contribution in [1.29, 1.82) is 0 Å². The molecule has 0 radical (unpaired) electrons. The van der Waals surface area contributed by atoms with E-state index in [4.69, 9.17) is 11.6 Å². The van der Waals surface area contributed by atoms with Crippen LogP contribution < -0.4 is 15.8 Å². The minimum absolute atomic E-state index is 0.0545. The number of carbonyl (C=O) groups excluding carboxylic acids is 2. The smallest absolute Gasteiger partial charge is 0.416 e. The average molecular weight is 781 g/mol. The molecule has 286 valence electrons. The number of carbonyl (C=O) groups is 2. The van der Waals surface area contributed by atoms with Gasteiger partial charge in [0.05, 0.1) is 21.8 Å². The molecule has 2 amide bonds. The molecule has 2 N–H and O–H groups in total. The molecule has 14 nitrogen and oxygen atoms in total. The summed E-state index contributed by atoms with van der Waals surface area (Å²) in [4.78, 5) is 61.9. The molecule has 19 heteroatoms. The third kappa shape index (κ3) is 6.21. The predicted octanol–water partition coefficient (Wildman–Crippen LogP) is 5.10. The van der Waals surface area contributed by atoms with Crippen molar-refractivity contribution in [3.63, 3.8) is 0 Å². The Kier molecular flexibility index (Phi) is 8.77. The van der Waals surface area contributed by atoms with Crippen LogP contribution in [0, 0.1) is 12.9 Å². The zero-order valence-corrected chi connectivity index (χ0v) is 30.2. The van der Waals surface area contributed by atoms with Gasteiger partial charge in [-0.05, 0) is 68.9 Å². The van der Waals surface area contributed by atoms with E-state index in [2.05, 4.69) is 30.4 Å². The number of alkyl halides is 3. The molecular formula is C36H33ClF4N10O4.